The van der Waals surface area contributed by atoms with E-state index < -0.39 is 23.8 Å². The first-order valence-corrected chi connectivity index (χ1v) is 11.6. The highest BCUT2D eigenvalue weighted by Gasteiger charge is 2.27. The Labute approximate surface area is 215 Å². The number of nitrogens with one attached hydrogen (secondary N) is 2. The van der Waals surface area contributed by atoms with Crippen molar-refractivity contribution in [3.05, 3.63) is 70.3 Å². The van der Waals surface area contributed by atoms with Gasteiger partial charge in [-0.15, -0.1) is 0 Å². The van der Waals surface area contributed by atoms with Gasteiger partial charge in [0.1, 0.15) is 0 Å². The maximum atomic E-state index is 13.1. The molecule has 0 fully saturated rings. The lowest BCUT2D eigenvalue weighted by molar-refractivity contribution is 0.0536. The zero-order chi connectivity index (χ0) is 27.3. The molecular formula is C28H22N2O8. The Hall–Kier alpha value is -4.80. The molecule has 10 nitrogen and oxygen atoms in total. The van der Waals surface area contributed by atoms with Crippen molar-refractivity contribution < 1.29 is 39.1 Å². The SMILES string of the molecule is CCc1cc(C(=O)NOC)c2c(C(=O)NOC)ccc3c4ccc(C(=O)O)c5c(C(=O)O)ccc(c1c23)c54. The summed E-state index contributed by atoms with van der Waals surface area (Å²) in [5.41, 5.74) is 5.50. The van der Waals surface area contributed by atoms with E-state index in [2.05, 4.69) is 11.0 Å². The number of fused-ring (bicyclic) bond motifs is 2. The molecule has 0 bridgehead atoms. The second kappa shape index (κ2) is 9.25. The molecule has 0 radical (unpaired) electrons. The predicted molar refractivity (Wildman–Crippen MR) is 140 cm³/mol. The summed E-state index contributed by atoms with van der Waals surface area (Å²) < 4.78 is 0. The molecule has 0 aromatic heterocycles. The summed E-state index contributed by atoms with van der Waals surface area (Å²) in [6.45, 7) is 1.91. The summed E-state index contributed by atoms with van der Waals surface area (Å²) in [4.78, 5) is 60.1. The first-order valence-electron chi connectivity index (χ1n) is 11.6. The minimum Gasteiger partial charge on any atom is -0.478 e. The zero-order valence-electron chi connectivity index (χ0n) is 20.6. The molecule has 10 heteroatoms. The highest BCUT2D eigenvalue weighted by Crippen LogP contribution is 2.45. The van der Waals surface area contributed by atoms with Crippen LogP contribution in [0.1, 0.15) is 53.9 Å². The third kappa shape index (κ3) is 3.50. The lowest BCUT2D eigenvalue weighted by Gasteiger charge is -2.21. The number of hydrogen-bond acceptors (Lipinski definition) is 6. The van der Waals surface area contributed by atoms with Gasteiger partial charge in [0.05, 0.1) is 36.5 Å². The van der Waals surface area contributed by atoms with Crippen LogP contribution in [0.25, 0.3) is 43.1 Å². The summed E-state index contributed by atoms with van der Waals surface area (Å²) in [7, 11) is 2.60. The second-order valence-electron chi connectivity index (χ2n) is 8.67. The van der Waals surface area contributed by atoms with Crippen molar-refractivity contribution >= 4 is 66.8 Å². The van der Waals surface area contributed by atoms with Crippen LogP contribution < -0.4 is 11.0 Å². The smallest absolute Gasteiger partial charge is 0.336 e. The quantitative estimate of drug-likeness (QED) is 0.143. The molecule has 0 spiro atoms. The molecule has 4 N–H and O–H groups in total. The van der Waals surface area contributed by atoms with Crippen molar-refractivity contribution in [2.75, 3.05) is 14.2 Å². The standard InChI is InChI=1S/C28H22N2O8/c1-4-12-11-19(26(32)30-38-3)22-16(25(31)29-37-2)8-5-14-13-6-9-17(27(33)34)23-18(28(35)36)10-7-15(21(13)23)20(12)24(14)22/h5-11H,4H2,1-3H3,(H,29,31)(H,30,32)(H,33,34)(H,35,36). The van der Waals surface area contributed by atoms with E-state index in [1.165, 1.54) is 26.4 Å². The Morgan fingerprint density at radius 3 is 1.63 bits per heavy atom. The average Bonchev–Trinajstić information content (AvgIpc) is 2.90. The van der Waals surface area contributed by atoms with Crippen molar-refractivity contribution in [2.45, 2.75) is 13.3 Å². The number of carboxylic acids is 2. The van der Waals surface area contributed by atoms with Crippen LogP contribution in [0.3, 0.4) is 0 Å². The van der Waals surface area contributed by atoms with Crippen LogP contribution >= 0.6 is 0 Å². The van der Waals surface area contributed by atoms with Gasteiger partial charge in [0.2, 0.25) is 0 Å². The van der Waals surface area contributed by atoms with Crippen LogP contribution in [0, 0.1) is 0 Å². The lowest BCUT2D eigenvalue weighted by atomic mass is 9.82. The molecule has 5 rings (SSSR count). The van der Waals surface area contributed by atoms with Crippen LogP contribution in [0.2, 0.25) is 0 Å². The van der Waals surface area contributed by atoms with E-state index in [9.17, 15) is 29.4 Å². The first kappa shape index (κ1) is 24.9. The molecule has 192 valence electrons. The van der Waals surface area contributed by atoms with Crippen LogP contribution in [0.5, 0.6) is 0 Å². The van der Waals surface area contributed by atoms with E-state index >= 15 is 0 Å². The van der Waals surface area contributed by atoms with Gasteiger partial charge in [-0.3, -0.25) is 19.3 Å². The molecule has 5 aromatic rings. The van der Waals surface area contributed by atoms with E-state index in [-0.39, 0.29) is 27.6 Å². The van der Waals surface area contributed by atoms with Crippen LogP contribution in [-0.2, 0) is 16.1 Å². The molecule has 0 saturated carbocycles. The summed E-state index contributed by atoms with van der Waals surface area (Å²) >= 11 is 0. The van der Waals surface area contributed by atoms with Crippen molar-refractivity contribution in [1.82, 2.24) is 11.0 Å². The monoisotopic (exact) mass is 514 g/mol. The number of aryl methyl sites for hydroxylation is 1. The topological polar surface area (TPSA) is 151 Å². The van der Waals surface area contributed by atoms with E-state index in [0.717, 1.165) is 5.56 Å². The maximum Gasteiger partial charge on any atom is 0.336 e. The summed E-state index contributed by atoms with van der Waals surface area (Å²) in [6, 6.07) is 11.0. The summed E-state index contributed by atoms with van der Waals surface area (Å²) in [5.74, 6) is -3.63. The van der Waals surface area contributed by atoms with E-state index in [1.54, 1.807) is 30.3 Å². The number of aromatic carboxylic acids is 2. The molecule has 0 unspecified atom stereocenters. The molecular weight excluding hydrogens is 492 g/mol. The molecule has 0 aliphatic carbocycles. The number of amides is 2. The third-order valence-corrected chi connectivity index (χ3v) is 6.81. The number of carboxylic acid groups (broad SMARTS) is 2. The minimum atomic E-state index is -1.25. The summed E-state index contributed by atoms with van der Waals surface area (Å²) in [6.07, 6.45) is 0.489. The molecule has 5 aromatic carbocycles. The van der Waals surface area contributed by atoms with Crippen molar-refractivity contribution in [3.63, 3.8) is 0 Å². The van der Waals surface area contributed by atoms with Crippen molar-refractivity contribution in [2.24, 2.45) is 0 Å². The fourth-order valence-corrected chi connectivity index (χ4v) is 5.38. The lowest BCUT2D eigenvalue weighted by Crippen LogP contribution is -2.25. The van der Waals surface area contributed by atoms with Gasteiger partial charge in [-0.1, -0.05) is 25.1 Å². The van der Waals surface area contributed by atoms with Crippen molar-refractivity contribution in [1.29, 1.82) is 0 Å². The number of rotatable bonds is 7. The normalized spacial score (nSPS) is 11.4. The van der Waals surface area contributed by atoms with Crippen LogP contribution in [0.4, 0.5) is 0 Å². The third-order valence-electron chi connectivity index (χ3n) is 6.81. The molecule has 0 atom stereocenters. The van der Waals surface area contributed by atoms with Crippen LogP contribution in [0.15, 0.2) is 42.5 Å². The van der Waals surface area contributed by atoms with Crippen molar-refractivity contribution in [3.8, 4) is 0 Å². The molecule has 38 heavy (non-hydrogen) atoms. The minimum absolute atomic E-state index is 0.114. The largest absolute Gasteiger partial charge is 0.478 e. The van der Waals surface area contributed by atoms with E-state index in [4.69, 9.17) is 9.68 Å². The Morgan fingerprint density at radius 1 is 0.632 bits per heavy atom. The molecule has 0 aliphatic heterocycles. The van der Waals surface area contributed by atoms with Gasteiger partial charge in [0.25, 0.3) is 11.8 Å². The molecule has 0 saturated heterocycles. The average molecular weight is 514 g/mol. The fourth-order valence-electron chi connectivity index (χ4n) is 5.38. The van der Waals surface area contributed by atoms with Gasteiger partial charge in [-0.25, -0.2) is 20.5 Å². The number of carbonyl (C=O) groups is 4. The van der Waals surface area contributed by atoms with Gasteiger partial charge < -0.3 is 10.2 Å². The zero-order valence-corrected chi connectivity index (χ0v) is 20.6. The molecule has 2 amide bonds. The first-order chi connectivity index (χ1) is 18.2. The number of benzene rings is 5. The Kier molecular flexibility index (Phi) is 6.06. The van der Waals surface area contributed by atoms with Gasteiger partial charge in [0, 0.05) is 10.8 Å². The Bertz CT molecular complexity index is 1810. The van der Waals surface area contributed by atoms with E-state index in [1.807, 2.05) is 6.92 Å². The summed E-state index contributed by atoms with van der Waals surface area (Å²) in [5, 5.41) is 23.9. The highest BCUT2D eigenvalue weighted by atomic mass is 16.6. The number of hydroxylamine groups is 2. The Morgan fingerprint density at radius 2 is 1.11 bits per heavy atom. The van der Waals surface area contributed by atoms with Gasteiger partial charge in [0.15, 0.2) is 0 Å². The number of hydrogen-bond donors (Lipinski definition) is 4. The highest BCUT2D eigenvalue weighted by molar-refractivity contribution is 6.38. The number of carbonyl (C=O) groups excluding carboxylic acids is 2. The molecule has 0 heterocycles. The van der Waals surface area contributed by atoms with E-state index in [0.29, 0.717) is 44.1 Å². The Balaban J connectivity index is 2.12. The second-order valence-corrected chi connectivity index (χ2v) is 8.67. The van der Waals surface area contributed by atoms with Gasteiger partial charge in [-0.05, 0) is 68.6 Å². The molecule has 0 aliphatic rings. The van der Waals surface area contributed by atoms with Gasteiger partial charge in [-0.2, -0.15) is 0 Å². The van der Waals surface area contributed by atoms with Gasteiger partial charge >= 0.3 is 11.9 Å². The predicted octanol–water partition coefficient (Wildman–Crippen LogP) is 4.28. The fraction of sp³-hybridized carbons (Fsp3) is 0.143. The maximum absolute atomic E-state index is 13.1. The van der Waals surface area contributed by atoms with Crippen LogP contribution in [-0.4, -0.2) is 48.2 Å².